The van der Waals surface area contributed by atoms with Gasteiger partial charge in [0.05, 0.1) is 23.9 Å². The Labute approximate surface area is 92.4 Å². The van der Waals surface area contributed by atoms with Gasteiger partial charge in [-0.3, -0.25) is 0 Å². The first kappa shape index (κ1) is 10.3. The fraction of sp³-hybridized carbons (Fsp3) is 0.400. The Bertz CT molecular complexity index is 410. The van der Waals surface area contributed by atoms with Crippen LogP contribution in [0.2, 0.25) is 0 Å². The molecule has 0 saturated carbocycles. The minimum atomic E-state index is 0.225. The largest absolute Gasteiger partial charge is 0.445 e. The van der Waals surface area contributed by atoms with Gasteiger partial charge in [-0.25, -0.2) is 9.97 Å². The van der Waals surface area contributed by atoms with Crippen LogP contribution in [-0.4, -0.2) is 9.97 Å². The Kier molecular flexibility index (Phi) is 3.13. The lowest BCUT2D eigenvalue weighted by molar-refractivity contribution is 0.430. The van der Waals surface area contributed by atoms with E-state index in [1.165, 1.54) is 0 Å². The van der Waals surface area contributed by atoms with Crippen molar-refractivity contribution in [2.75, 3.05) is 0 Å². The Morgan fingerprint density at radius 3 is 3.00 bits per heavy atom. The van der Waals surface area contributed by atoms with Crippen LogP contribution in [-0.2, 0) is 6.54 Å². The van der Waals surface area contributed by atoms with Gasteiger partial charge in [-0.1, -0.05) is 0 Å². The summed E-state index contributed by atoms with van der Waals surface area (Å²) in [6.07, 6.45) is 1.73. The smallest absolute Gasteiger partial charge is 0.208 e. The Morgan fingerprint density at radius 2 is 2.40 bits per heavy atom. The minimum Gasteiger partial charge on any atom is -0.445 e. The monoisotopic (exact) mass is 223 g/mol. The molecule has 2 aromatic heterocycles. The molecule has 1 unspecified atom stereocenters. The first-order chi connectivity index (χ1) is 7.25. The number of oxazole rings is 1. The maximum Gasteiger partial charge on any atom is 0.208 e. The molecule has 2 aromatic rings. The highest BCUT2D eigenvalue weighted by molar-refractivity contribution is 7.07. The number of nitrogens with zero attached hydrogens (tertiary/aromatic N) is 2. The van der Waals surface area contributed by atoms with E-state index in [4.69, 9.17) is 4.42 Å². The van der Waals surface area contributed by atoms with Crippen molar-refractivity contribution < 1.29 is 4.42 Å². The third-order valence-electron chi connectivity index (χ3n) is 2.12. The van der Waals surface area contributed by atoms with Gasteiger partial charge < -0.3 is 9.73 Å². The van der Waals surface area contributed by atoms with Crippen molar-refractivity contribution in [3.05, 3.63) is 34.4 Å². The molecule has 0 aromatic carbocycles. The van der Waals surface area contributed by atoms with Gasteiger partial charge in [-0.05, 0) is 13.8 Å². The second-order valence-corrected chi connectivity index (χ2v) is 4.10. The fourth-order valence-corrected chi connectivity index (χ4v) is 1.91. The molecule has 0 spiro atoms. The average Bonchev–Trinajstić information content (AvgIpc) is 2.84. The first-order valence-corrected chi connectivity index (χ1v) is 5.73. The topological polar surface area (TPSA) is 51.0 Å². The second kappa shape index (κ2) is 4.55. The summed E-state index contributed by atoms with van der Waals surface area (Å²) in [6.45, 7) is 4.59. The number of aromatic nitrogens is 2. The number of nitrogens with one attached hydrogen (secondary N) is 1. The van der Waals surface area contributed by atoms with Gasteiger partial charge in [0.1, 0.15) is 5.76 Å². The van der Waals surface area contributed by atoms with Crippen LogP contribution in [0.4, 0.5) is 0 Å². The number of hydrogen-bond acceptors (Lipinski definition) is 5. The van der Waals surface area contributed by atoms with Gasteiger partial charge >= 0.3 is 0 Å². The third kappa shape index (κ3) is 2.64. The van der Waals surface area contributed by atoms with E-state index in [1.54, 1.807) is 17.5 Å². The van der Waals surface area contributed by atoms with E-state index in [0.29, 0.717) is 6.54 Å². The molecule has 15 heavy (non-hydrogen) atoms. The summed E-state index contributed by atoms with van der Waals surface area (Å²) in [4.78, 5) is 8.36. The zero-order valence-electron chi connectivity index (χ0n) is 8.73. The molecule has 0 aliphatic heterocycles. The molecular weight excluding hydrogens is 210 g/mol. The normalized spacial score (nSPS) is 12.9. The molecule has 1 atom stereocenters. The van der Waals surface area contributed by atoms with Crippen LogP contribution in [0.1, 0.15) is 30.3 Å². The van der Waals surface area contributed by atoms with Gasteiger partial charge in [-0.15, -0.1) is 11.3 Å². The molecule has 0 fully saturated rings. The summed E-state index contributed by atoms with van der Waals surface area (Å²) in [5.41, 5.74) is 2.89. The molecule has 0 saturated heterocycles. The number of aryl methyl sites for hydroxylation is 1. The van der Waals surface area contributed by atoms with Gasteiger partial charge in [0.15, 0.2) is 0 Å². The van der Waals surface area contributed by atoms with Gasteiger partial charge in [0, 0.05) is 11.4 Å². The van der Waals surface area contributed by atoms with Crippen molar-refractivity contribution in [1.29, 1.82) is 0 Å². The highest BCUT2D eigenvalue weighted by Crippen LogP contribution is 2.12. The van der Waals surface area contributed by atoms with Gasteiger partial charge in [-0.2, -0.15) is 0 Å². The molecule has 0 radical (unpaired) electrons. The number of hydrogen-bond donors (Lipinski definition) is 1. The summed E-state index contributed by atoms with van der Waals surface area (Å²) in [5, 5.41) is 5.34. The highest BCUT2D eigenvalue weighted by atomic mass is 32.1. The molecule has 2 rings (SSSR count). The molecular formula is C10H13N3OS. The van der Waals surface area contributed by atoms with E-state index in [-0.39, 0.29) is 6.04 Å². The summed E-state index contributed by atoms with van der Waals surface area (Å²) >= 11 is 1.60. The van der Waals surface area contributed by atoms with E-state index in [0.717, 1.165) is 17.3 Å². The van der Waals surface area contributed by atoms with Gasteiger partial charge in [0.25, 0.3) is 0 Å². The summed E-state index contributed by atoms with van der Waals surface area (Å²) in [6, 6.07) is 0.225. The molecule has 0 aliphatic carbocycles. The lowest BCUT2D eigenvalue weighted by atomic mass is 10.2. The van der Waals surface area contributed by atoms with Crippen LogP contribution >= 0.6 is 11.3 Å². The summed E-state index contributed by atoms with van der Waals surface area (Å²) in [5.74, 6) is 1.56. The summed E-state index contributed by atoms with van der Waals surface area (Å²) < 4.78 is 5.36. The lowest BCUT2D eigenvalue weighted by Crippen LogP contribution is -2.18. The first-order valence-electron chi connectivity index (χ1n) is 4.78. The highest BCUT2D eigenvalue weighted by Gasteiger charge is 2.08. The maximum absolute atomic E-state index is 5.36. The molecule has 80 valence electrons. The SMILES string of the molecule is Cc1cnc(CNC(C)c2cscn2)o1. The molecule has 4 nitrogen and oxygen atoms in total. The van der Waals surface area contributed by atoms with Gasteiger partial charge in [0.2, 0.25) is 5.89 Å². The fourth-order valence-electron chi connectivity index (χ4n) is 1.26. The molecule has 1 N–H and O–H groups in total. The van der Waals surface area contributed by atoms with E-state index in [9.17, 15) is 0 Å². The molecule has 5 heteroatoms. The van der Waals surface area contributed by atoms with Crippen LogP contribution in [0.3, 0.4) is 0 Å². The summed E-state index contributed by atoms with van der Waals surface area (Å²) in [7, 11) is 0. The van der Waals surface area contributed by atoms with Crippen LogP contribution in [0.25, 0.3) is 0 Å². The van der Waals surface area contributed by atoms with E-state index in [1.807, 2.05) is 17.8 Å². The quantitative estimate of drug-likeness (QED) is 0.864. The maximum atomic E-state index is 5.36. The van der Waals surface area contributed by atoms with Crippen LogP contribution < -0.4 is 5.32 Å². The molecule has 2 heterocycles. The van der Waals surface area contributed by atoms with Crippen LogP contribution in [0, 0.1) is 6.92 Å². The third-order valence-corrected chi connectivity index (χ3v) is 2.73. The van der Waals surface area contributed by atoms with E-state index < -0.39 is 0 Å². The predicted octanol–water partition coefficient (Wildman–Crippen LogP) is 2.29. The lowest BCUT2D eigenvalue weighted by Gasteiger charge is -2.08. The molecule has 0 amide bonds. The Morgan fingerprint density at radius 1 is 1.53 bits per heavy atom. The van der Waals surface area contributed by atoms with Crippen molar-refractivity contribution in [3.8, 4) is 0 Å². The van der Waals surface area contributed by atoms with Crippen molar-refractivity contribution in [1.82, 2.24) is 15.3 Å². The van der Waals surface area contributed by atoms with Crippen LogP contribution in [0.5, 0.6) is 0 Å². The van der Waals surface area contributed by atoms with Crippen molar-refractivity contribution in [2.45, 2.75) is 26.4 Å². The standard InChI is InChI=1S/C10H13N3OS/c1-7-3-12-10(14-7)4-11-8(2)9-5-15-6-13-9/h3,5-6,8,11H,4H2,1-2H3. The minimum absolute atomic E-state index is 0.225. The Hall–Kier alpha value is -1.20. The van der Waals surface area contributed by atoms with Crippen LogP contribution in [0.15, 0.2) is 21.5 Å². The molecule has 0 bridgehead atoms. The molecule has 0 aliphatic rings. The number of thiazole rings is 1. The van der Waals surface area contributed by atoms with E-state index >= 15 is 0 Å². The second-order valence-electron chi connectivity index (χ2n) is 3.38. The predicted molar refractivity (Wildman–Crippen MR) is 58.6 cm³/mol. The van der Waals surface area contributed by atoms with Crippen molar-refractivity contribution in [2.24, 2.45) is 0 Å². The van der Waals surface area contributed by atoms with E-state index in [2.05, 4.69) is 22.2 Å². The Balaban J connectivity index is 1.88. The zero-order chi connectivity index (χ0) is 10.7. The number of rotatable bonds is 4. The van der Waals surface area contributed by atoms with Crippen molar-refractivity contribution in [3.63, 3.8) is 0 Å². The van der Waals surface area contributed by atoms with Crippen molar-refractivity contribution >= 4 is 11.3 Å². The zero-order valence-corrected chi connectivity index (χ0v) is 9.54. The average molecular weight is 223 g/mol.